The van der Waals surface area contributed by atoms with Crippen molar-refractivity contribution in [2.45, 2.75) is 19.4 Å². The van der Waals surface area contributed by atoms with E-state index in [1.165, 1.54) is 5.56 Å². The van der Waals surface area contributed by atoms with Gasteiger partial charge in [-0.3, -0.25) is 4.98 Å². The molecule has 1 aliphatic heterocycles. The van der Waals surface area contributed by atoms with Gasteiger partial charge >= 0.3 is 0 Å². The number of hydrogen-bond donors (Lipinski definition) is 0. The minimum absolute atomic E-state index is 0.472. The first-order valence-corrected chi connectivity index (χ1v) is 3.88. The molecule has 0 aromatic carbocycles. The van der Waals surface area contributed by atoms with Crippen molar-refractivity contribution in [1.29, 1.82) is 0 Å². The minimum Gasteiger partial charge on any atom is -0.373 e. The summed E-state index contributed by atoms with van der Waals surface area (Å²) in [7, 11) is 0. The normalized spacial score (nSPS) is 21.7. The highest BCUT2D eigenvalue weighted by atomic mass is 16.6. The lowest BCUT2D eigenvalue weighted by atomic mass is 10.1. The zero-order chi connectivity index (χ0) is 7.68. The van der Waals surface area contributed by atoms with Crippen LogP contribution in [0.3, 0.4) is 0 Å². The number of aromatic nitrogens is 1. The molecule has 58 valence electrons. The topological polar surface area (TPSA) is 25.4 Å². The van der Waals surface area contributed by atoms with Gasteiger partial charge in [-0.2, -0.15) is 0 Å². The van der Waals surface area contributed by atoms with Gasteiger partial charge in [0.25, 0.3) is 0 Å². The number of ether oxygens (including phenoxy) is 1. The molecule has 2 rings (SSSR count). The summed E-state index contributed by atoms with van der Waals surface area (Å²) in [6.45, 7) is 2.92. The molecule has 1 aromatic heterocycles. The van der Waals surface area contributed by atoms with Crippen LogP contribution in [0, 0.1) is 6.92 Å². The van der Waals surface area contributed by atoms with Crippen molar-refractivity contribution in [3.05, 3.63) is 29.6 Å². The quantitative estimate of drug-likeness (QED) is 0.593. The summed E-state index contributed by atoms with van der Waals surface area (Å²) in [5.74, 6) is 0. The highest BCUT2D eigenvalue weighted by Gasteiger charge is 2.22. The fourth-order valence-corrected chi connectivity index (χ4v) is 1.07. The molecule has 0 N–H and O–H groups in total. The van der Waals surface area contributed by atoms with Gasteiger partial charge in [-0.15, -0.1) is 0 Å². The Labute approximate surface area is 66.2 Å². The molecule has 0 bridgehead atoms. The zero-order valence-electron chi connectivity index (χ0n) is 6.58. The average Bonchev–Trinajstić information content (AvgIpc) is 2.78. The first-order chi connectivity index (χ1) is 5.34. The fraction of sp³-hybridized carbons (Fsp3) is 0.444. The van der Waals surface area contributed by atoms with Gasteiger partial charge in [0.1, 0.15) is 0 Å². The van der Waals surface area contributed by atoms with Gasteiger partial charge in [0, 0.05) is 18.3 Å². The standard InChI is InChI=1S/C9H11NO/c1-7-2-3-8(5-10-7)4-9-6-11-9/h2-3,5,9H,4,6H2,1H3. The van der Waals surface area contributed by atoms with E-state index < -0.39 is 0 Å². The molecule has 1 saturated heterocycles. The molecule has 1 aromatic rings. The van der Waals surface area contributed by atoms with Crippen LogP contribution in [0.4, 0.5) is 0 Å². The number of epoxide rings is 1. The van der Waals surface area contributed by atoms with Crippen LogP contribution in [0.25, 0.3) is 0 Å². The number of hydrogen-bond acceptors (Lipinski definition) is 2. The summed E-state index contributed by atoms with van der Waals surface area (Å²) in [6, 6.07) is 4.15. The maximum atomic E-state index is 5.11. The second-order valence-corrected chi connectivity index (χ2v) is 2.97. The number of rotatable bonds is 2. The van der Waals surface area contributed by atoms with Crippen LogP contribution < -0.4 is 0 Å². The molecule has 2 heteroatoms. The molecule has 1 fully saturated rings. The lowest BCUT2D eigenvalue weighted by Crippen LogP contribution is -1.93. The van der Waals surface area contributed by atoms with Crippen molar-refractivity contribution < 1.29 is 4.74 Å². The van der Waals surface area contributed by atoms with Crippen LogP contribution in [0.1, 0.15) is 11.3 Å². The SMILES string of the molecule is Cc1ccc(CC2CO2)cn1. The third-order valence-corrected chi connectivity index (χ3v) is 1.84. The van der Waals surface area contributed by atoms with Gasteiger partial charge in [-0.25, -0.2) is 0 Å². The van der Waals surface area contributed by atoms with Gasteiger partial charge in [0.05, 0.1) is 12.7 Å². The zero-order valence-corrected chi connectivity index (χ0v) is 6.58. The van der Waals surface area contributed by atoms with Crippen molar-refractivity contribution in [2.75, 3.05) is 6.61 Å². The second-order valence-electron chi connectivity index (χ2n) is 2.97. The van der Waals surface area contributed by atoms with Crippen molar-refractivity contribution in [1.82, 2.24) is 4.98 Å². The van der Waals surface area contributed by atoms with Crippen LogP contribution in [-0.4, -0.2) is 17.7 Å². The molecule has 1 unspecified atom stereocenters. The minimum atomic E-state index is 0.472. The second kappa shape index (κ2) is 2.62. The van der Waals surface area contributed by atoms with Crippen molar-refractivity contribution in [3.8, 4) is 0 Å². The van der Waals surface area contributed by atoms with Crippen LogP contribution in [-0.2, 0) is 11.2 Å². The Morgan fingerprint density at radius 3 is 3.00 bits per heavy atom. The summed E-state index contributed by atoms with van der Waals surface area (Å²) in [5.41, 5.74) is 2.35. The predicted molar refractivity (Wildman–Crippen MR) is 42.4 cm³/mol. The molecule has 0 saturated carbocycles. The van der Waals surface area contributed by atoms with E-state index >= 15 is 0 Å². The van der Waals surface area contributed by atoms with E-state index in [9.17, 15) is 0 Å². The Bertz CT molecular complexity index is 238. The van der Waals surface area contributed by atoms with E-state index in [4.69, 9.17) is 4.74 Å². The average molecular weight is 149 g/mol. The van der Waals surface area contributed by atoms with E-state index in [2.05, 4.69) is 11.1 Å². The van der Waals surface area contributed by atoms with Crippen molar-refractivity contribution in [3.63, 3.8) is 0 Å². The smallest absolute Gasteiger partial charge is 0.0850 e. The first-order valence-electron chi connectivity index (χ1n) is 3.88. The monoisotopic (exact) mass is 149 g/mol. The Hall–Kier alpha value is -0.890. The molecule has 0 amide bonds. The molecule has 0 spiro atoms. The maximum Gasteiger partial charge on any atom is 0.0850 e. The molecule has 2 heterocycles. The van der Waals surface area contributed by atoms with Crippen LogP contribution >= 0.6 is 0 Å². The van der Waals surface area contributed by atoms with Gasteiger partial charge in [-0.1, -0.05) is 6.07 Å². The van der Waals surface area contributed by atoms with E-state index in [0.29, 0.717) is 6.10 Å². The summed E-state index contributed by atoms with van der Waals surface area (Å²) < 4.78 is 5.11. The van der Waals surface area contributed by atoms with Gasteiger partial charge in [0.2, 0.25) is 0 Å². The number of nitrogens with zero attached hydrogens (tertiary/aromatic N) is 1. The highest BCUT2D eigenvalue weighted by Crippen LogP contribution is 2.15. The molecule has 1 aliphatic rings. The first kappa shape index (κ1) is 6.80. The highest BCUT2D eigenvalue weighted by molar-refractivity contribution is 5.14. The molecule has 0 radical (unpaired) electrons. The molecule has 0 aliphatic carbocycles. The van der Waals surface area contributed by atoms with Crippen molar-refractivity contribution in [2.24, 2.45) is 0 Å². The Kier molecular flexibility index (Phi) is 1.62. The maximum absolute atomic E-state index is 5.11. The van der Waals surface area contributed by atoms with E-state index in [0.717, 1.165) is 18.7 Å². The Morgan fingerprint density at radius 1 is 1.64 bits per heavy atom. The Morgan fingerprint density at radius 2 is 2.45 bits per heavy atom. The van der Waals surface area contributed by atoms with E-state index in [1.54, 1.807) is 0 Å². The molecular weight excluding hydrogens is 138 g/mol. The van der Waals surface area contributed by atoms with E-state index in [-0.39, 0.29) is 0 Å². The largest absolute Gasteiger partial charge is 0.373 e. The third kappa shape index (κ3) is 1.77. The summed E-state index contributed by atoms with van der Waals surface area (Å²) in [6.07, 6.45) is 3.42. The molecule has 1 atom stereocenters. The lowest BCUT2D eigenvalue weighted by molar-refractivity contribution is 0.407. The van der Waals surface area contributed by atoms with Crippen LogP contribution in [0.2, 0.25) is 0 Å². The van der Waals surface area contributed by atoms with Gasteiger partial charge in [0.15, 0.2) is 0 Å². The molecule has 2 nitrogen and oxygen atoms in total. The summed E-state index contributed by atoms with van der Waals surface area (Å²) >= 11 is 0. The summed E-state index contributed by atoms with van der Waals surface area (Å²) in [4.78, 5) is 4.20. The lowest BCUT2D eigenvalue weighted by Gasteiger charge is -1.96. The third-order valence-electron chi connectivity index (χ3n) is 1.84. The Balaban J connectivity index is 2.06. The summed E-state index contributed by atoms with van der Waals surface area (Å²) in [5, 5.41) is 0. The van der Waals surface area contributed by atoms with Crippen LogP contribution in [0.15, 0.2) is 18.3 Å². The predicted octanol–water partition coefficient (Wildman–Crippen LogP) is 1.33. The molecular formula is C9H11NO. The van der Waals surface area contributed by atoms with Crippen LogP contribution in [0.5, 0.6) is 0 Å². The van der Waals surface area contributed by atoms with Crippen molar-refractivity contribution >= 4 is 0 Å². The number of aryl methyl sites for hydroxylation is 1. The fourth-order valence-electron chi connectivity index (χ4n) is 1.07. The molecule has 11 heavy (non-hydrogen) atoms. The van der Waals surface area contributed by atoms with Gasteiger partial charge < -0.3 is 4.74 Å². The van der Waals surface area contributed by atoms with E-state index in [1.807, 2.05) is 19.2 Å². The van der Waals surface area contributed by atoms with Gasteiger partial charge in [-0.05, 0) is 18.6 Å². The number of pyridine rings is 1.